The fraction of sp³-hybridized carbons (Fsp3) is 0.308. The molecule has 1 aliphatic heterocycles. The quantitative estimate of drug-likeness (QED) is 0.829. The maximum Gasteiger partial charge on any atom is 0.124 e. The van der Waals surface area contributed by atoms with Crippen LogP contribution in [0.15, 0.2) is 36.4 Å². The van der Waals surface area contributed by atoms with Gasteiger partial charge in [-0.1, -0.05) is 30.3 Å². The molecule has 0 spiro atoms. The molecule has 3 heteroatoms. The molecule has 1 aromatic heterocycles. The van der Waals surface area contributed by atoms with Gasteiger partial charge in [0.2, 0.25) is 0 Å². The SMILES string of the molecule is c1ccc(Cc2cc3n(n2)CCCN3)cc1. The highest BCUT2D eigenvalue weighted by Gasteiger charge is 2.11. The van der Waals surface area contributed by atoms with E-state index in [9.17, 15) is 0 Å². The van der Waals surface area contributed by atoms with Crippen LogP contribution in [-0.4, -0.2) is 16.3 Å². The van der Waals surface area contributed by atoms with Crippen LogP contribution < -0.4 is 5.32 Å². The molecule has 0 amide bonds. The predicted molar refractivity (Wildman–Crippen MR) is 64.6 cm³/mol. The summed E-state index contributed by atoms with van der Waals surface area (Å²) in [4.78, 5) is 0. The minimum Gasteiger partial charge on any atom is -0.370 e. The molecule has 0 saturated heterocycles. The van der Waals surface area contributed by atoms with E-state index < -0.39 is 0 Å². The largest absolute Gasteiger partial charge is 0.370 e. The number of hydrogen-bond acceptors (Lipinski definition) is 2. The van der Waals surface area contributed by atoms with Gasteiger partial charge in [-0.3, -0.25) is 0 Å². The molecule has 0 saturated carbocycles. The summed E-state index contributed by atoms with van der Waals surface area (Å²) in [5, 5.41) is 7.97. The van der Waals surface area contributed by atoms with Gasteiger partial charge >= 0.3 is 0 Å². The Kier molecular flexibility index (Phi) is 2.37. The van der Waals surface area contributed by atoms with Gasteiger partial charge < -0.3 is 5.32 Å². The van der Waals surface area contributed by atoms with Crippen LogP contribution in [0.4, 0.5) is 5.82 Å². The zero-order valence-corrected chi connectivity index (χ0v) is 9.19. The normalized spacial score (nSPS) is 14.2. The van der Waals surface area contributed by atoms with Gasteiger partial charge in [0.05, 0.1) is 5.69 Å². The first-order chi connectivity index (χ1) is 7.92. The van der Waals surface area contributed by atoms with Crippen molar-refractivity contribution >= 4 is 5.82 Å². The number of aromatic nitrogens is 2. The highest BCUT2D eigenvalue weighted by Crippen LogP contribution is 2.17. The summed E-state index contributed by atoms with van der Waals surface area (Å²) < 4.78 is 2.07. The zero-order chi connectivity index (χ0) is 10.8. The van der Waals surface area contributed by atoms with Crippen LogP contribution in [0.1, 0.15) is 17.7 Å². The molecule has 0 aliphatic carbocycles. The Hall–Kier alpha value is -1.77. The Balaban J connectivity index is 1.83. The zero-order valence-electron chi connectivity index (χ0n) is 9.19. The summed E-state index contributed by atoms with van der Waals surface area (Å²) in [6.07, 6.45) is 2.09. The molecule has 2 aromatic rings. The second-order valence-corrected chi connectivity index (χ2v) is 4.19. The standard InChI is InChI=1S/C13H15N3/c1-2-5-11(6-3-1)9-12-10-13-14-7-4-8-16(13)15-12/h1-3,5-6,10,14H,4,7-9H2. The molecule has 0 unspecified atom stereocenters. The second kappa shape index (κ2) is 4.00. The maximum absolute atomic E-state index is 4.60. The summed E-state index contributed by atoms with van der Waals surface area (Å²) in [6, 6.07) is 12.6. The summed E-state index contributed by atoms with van der Waals surface area (Å²) in [7, 11) is 0. The van der Waals surface area contributed by atoms with Gasteiger partial charge in [0, 0.05) is 25.6 Å². The van der Waals surface area contributed by atoms with Gasteiger partial charge in [-0.25, -0.2) is 4.68 Å². The first-order valence-electron chi connectivity index (χ1n) is 5.76. The minimum absolute atomic E-state index is 0.919. The average Bonchev–Trinajstić information content (AvgIpc) is 2.72. The molecule has 0 bridgehead atoms. The van der Waals surface area contributed by atoms with Crippen molar-refractivity contribution in [3.05, 3.63) is 47.7 Å². The number of hydrogen-bond donors (Lipinski definition) is 1. The number of nitrogens with zero attached hydrogens (tertiary/aromatic N) is 2. The van der Waals surface area contributed by atoms with E-state index in [0.717, 1.165) is 31.0 Å². The van der Waals surface area contributed by atoms with Crippen LogP contribution in [0.25, 0.3) is 0 Å². The molecule has 0 fully saturated rings. The minimum atomic E-state index is 0.919. The van der Waals surface area contributed by atoms with Crippen LogP contribution in [-0.2, 0) is 13.0 Å². The number of benzene rings is 1. The molecular weight excluding hydrogens is 198 g/mol. The van der Waals surface area contributed by atoms with E-state index in [1.165, 1.54) is 12.0 Å². The Labute approximate surface area is 95.1 Å². The molecular formula is C13H15N3. The molecule has 0 radical (unpaired) electrons. The maximum atomic E-state index is 4.60. The number of rotatable bonds is 2. The van der Waals surface area contributed by atoms with Crippen molar-refractivity contribution in [3.8, 4) is 0 Å². The average molecular weight is 213 g/mol. The van der Waals surface area contributed by atoms with E-state index in [0.29, 0.717) is 0 Å². The highest BCUT2D eigenvalue weighted by atomic mass is 15.3. The molecule has 3 rings (SSSR count). The Morgan fingerprint density at radius 2 is 2.12 bits per heavy atom. The van der Waals surface area contributed by atoms with E-state index in [-0.39, 0.29) is 0 Å². The fourth-order valence-electron chi connectivity index (χ4n) is 2.12. The van der Waals surface area contributed by atoms with Crippen LogP contribution in [0.3, 0.4) is 0 Å². The third kappa shape index (κ3) is 1.81. The van der Waals surface area contributed by atoms with Gasteiger partial charge in [-0.15, -0.1) is 0 Å². The summed E-state index contributed by atoms with van der Waals surface area (Å²) in [6.45, 7) is 2.10. The molecule has 0 atom stereocenters. The lowest BCUT2D eigenvalue weighted by Gasteiger charge is -2.14. The smallest absolute Gasteiger partial charge is 0.124 e. The first-order valence-corrected chi connectivity index (χ1v) is 5.76. The summed E-state index contributed by atoms with van der Waals surface area (Å²) >= 11 is 0. The van der Waals surface area contributed by atoms with Crippen molar-refractivity contribution in [2.45, 2.75) is 19.4 Å². The molecule has 2 heterocycles. The first kappa shape index (κ1) is 9.46. The number of nitrogens with one attached hydrogen (secondary N) is 1. The van der Waals surface area contributed by atoms with Gasteiger partial charge in [0.25, 0.3) is 0 Å². The van der Waals surface area contributed by atoms with Crippen molar-refractivity contribution in [2.75, 3.05) is 11.9 Å². The van der Waals surface area contributed by atoms with Crippen molar-refractivity contribution in [1.29, 1.82) is 0 Å². The molecule has 1 aromatic carbocycles. The second-order valence-electron chi connectivity index (χ2n) is 4.19. The fourth-order valence-corrected chi connectivity index (χ4v) is 2.12. The van der Waals surface area contributed by atoms with Crippen molar-refractivity contribution in [2.24, 2.45) is 0 Å². The van der Waals surface area contributed by atoms with E-state index in [1.807, 2.05) is 6.07 Å². The van der Waals surface area contributed by atoms with E-state index in [4.69, 9.17) is 0 Å². The lowest BCUT2D eigenvalue weighted by Crippen LogP contribution is -2.17. The molecule has 16 heavy (non-hydrogen) atoms. The van der Waals surface area contributed by atoms with E-state index in [2.05, 4.69) is 45.4 Å². The Morgan fingerprint density at radius 1 is 1.25 bits per heavy atom. The molecule has 3 nitrogen and oxygen atoms in total. The summed E-state index contributed by atoms with van der Waals surface area (Å²) in [5.41, 5.74) is 2.47. The van der Waals surface area contributed by atoms with Crippen molar-refractivity contribution < 1.29 is 0 Å². The van der Waals surface area contributed by atoms with Crippen LogP contribution in [0, 0.1) is 0 Å². The van der Waals surface area contributed by atoms with Crippen LogP contribution >= 0.6 is 0 Å². The third-order valence-corrected chi connectivity index (χ3v) is 2.91. The Morgan fingerprint density at radius 3 is 2.94 bits per heavy atom. The summed E-state index contributed by atoms with van der Waals surface area (Å²) in [5.74, 6) is 1.16. The number of fused-ring (bicyclic) bond motifs is 1. The van der Waals surface area contributed by atoms with E-state index >= 15 is 0 Å². The number of aryl methyl sites for hydroxylation is 1. The van der Waals surface area contributed by atoms with Crippen molar-refractivity contribution in [3.63, 3.8) is 0 Å². The van der Waals surface area contributed by atoms with Gasteiger partial charge in [-0.05, 0) is 12.0 Å². The predicted octanol–water partition coefficient (Wildman–Crippen LogP) is 2.29. The number of anilines is 1. The molecule has 1 N–H and O–H groups in total. The van der Waals surface area contributed by atoms with Crippen molar-refractivity contribution in [1.82, 2.24) is 9.78 Å². The molecule has 82 valence electrons. The van der Waals surface area contributed by atoms with E-state index in [1.54, 1.807) is 0 Å². The van der Waals surface area contributed by atoms with Crippen LogP contribution in [0.2, 0.25) is 0 Å². The highest BCUT2D eigenvalue weighted by molar-refractivity contribution is 5.39. The van der Waals surface area contributed by atoms with Gasteiger partial charge in [0.1, 0.15) is 5.82 Å². The van der Waals surface area contributed by atoms with Gasteiger partial charge in [0.15, 0.2) is 0 Å². The van der Waals surface area contributed by atoms with Gasteiger partial charge in [-0.2, -0.15) is 5.10 Å². The third-order valence-electron chi connectivity index (χ3n) is 2.91. The monoisotopic (exact) mass is 213 g/mol. The topological polar surface area (TPSA) is 29.9 Å². The lowest BCUT2D eigenvalue weighted by atomic mass is 10.1. The molecule has 1 aliphatic rings. The van der Waals surface area contributed by atoms with Crippen LogP contribution in [0.5, 0.6) is 0 Å². The Bertz CT molecular complexity index is 450. The lowest BCUT2D eigenvalue weighted by molar-refractivity contribution is 0.563.